The summed E-state index contributed by atoms with van der Waals surface area (Å²) in [4.78, 5) is 17.2. The molecule has 0 amide bonds. The zero-order chi connectivity index (χ0) is 14.4. The maximum Gasteiger partial charge on any atom is 0.231 e. The van der Waals surface area contributed by atoms with E-state index in [-0.39, 0.29) is 5.28 Å². The summed E-state index contributed by atoms with van der Waals surface area (Å²) in [6, 6.07) is 0. The average molecular weight is 299 g/mol. The summed E-state index contributed by atoms with van der Waals surface area (Å²) in [5.41, 5.74) is 0. The number of nitrogens with zero attached hydrogens (tertiary/aromatic N) is 5. The minimum Gasteiger partial charge on any atom is -0.353 e. The number of likely N-dealkylation sites (tertiary alicyclic amines) is 1. The Bertz CT molecular complexity index is 417. The molecule has 1 aliphatic heterocycles. The maximum absolute atomic E-state index is 5.97. The zero-order valence-electron chi connectivity index (χ0n) is 12.3. The van der Waals surface area contributed by atoms with Gasteiger partial charge in [-0.05, 0) is 51.4 Å². The van der Waals surface area contributed by atoms with E-state index in [0.29, 0.717) is 11.9 Å². The van der Waals surface area contributed by atoms with Crippen molar-refractivity contribution in [2.24, 2.45) is 0 Å². The van der Waals surface area contributed by atoms with E-state index in [1.54, 1.807) is 0 Å². The molecule has 0 aromatic carbocycles. The SMILES string of the molecule is CCN(CC)c1nc(Cl)nc(NCCN2CCCC2)n1. The molecular weight excluding hydrogens is 276 g/mol. The summed E-state index contributed by atoms with van der Waals surface area (Å²) >= 11 is 5.97. The van der Waals surface area contributed by atoms with E-state index in [1.165, 1.54) is 25.9 Å². The lowest BCUT2D eigenvalue weighted by molar-refractivity contribution is 0.352. The Balaban J connectivity index is 1.92. The molecular formula is C13H23ClN6. The minimum absolute atomic E-state index is 0.241. The van der Waals surface area contributed by atoms with Crippen molar-refractivity contribution in [3.8, 4) is 0 Å². The van der Waals surface area contributed by atoms with Crippen LogP contribution in [0.15, 0.2) is 0 Å². The van der Waals surface area contributed by atoms with Gasteiger partial charge in [-0.1, -0.05) is 0 Å². The van der Waals surface area contributed by atoms with Crippen molar-refractivity contribution < 1.29 is 0 Å². The fourth-order valence-corrected chi connectivity index (χ4v) is 2.55. The lowest BCUT2D eigenvalue weighted by Gasteiger charge is -2.19. The Hall–Kier alpha value is -1.14. The first-order valence-electron chi connectivity index (χ1n) is 7.35. The molecule has 1 saturated heterocycles. The number of anilines is 2. The van der Waals surface area contributed by atoms with Gasteiger partial charge >= 0.3 is 0 Å². The van der Waals surface area contributed by atoms with Crippen LogP contribution in [0.1, 0.15) is 26.7 Å². The third-order valence-corrected chi connectivity index (χ3v) is 3.72. The molecule has 2 heterocycles. The van der Waals surface area contributed by atoms with Crippen molar-refractivity contribution >= 4 is 23.5 Å². The first kappa shape index (κ1) is 15.3. The van der Waals surface area contributed by atoms with Crippen LogP contribution in [0, 0.1) is 0 Å². The molecule has 0 spiro atoms. The quantitative estimate of drug-likeness (QED) is 0.829. The molecule has 1 fully saturated rings. The second-order valence-electron chi connectivity index (χ2n) is 4.88. The molecule has 1 N–H and O–H groups in total. The summed E-state index contributed by atoms with van der Waals surface area (Å²) in [6.07, 6.45) is 2.62. The summed E-state index contributed by atoms with van der Waals surface area (Å²) < 4.78 is 0. The van der Waals surface area contributed by atoms with Crippen LogP contribution >= 0.6 is 11.6 Å². The van der Waals surface area contributed by atoms with Gasteiger partial charge < -0.3 is 15.1 Å². The fourth-order valence-electron chi connectivity index (χ4n) is 2.40. The van der Waals surface area contributed by atoms with Gasteiger partial charge in [-0.25, -0.2) is 0 Å². The first-order chi connectivity index (χ1) is 9.72. The van der Waals surface area contributed by atoms with E-state index in [9.17, 15) is 0 Å². The smallest absolute Gasteiger partial charge is 0.231 e. The lowest BCUT2D eigenvalue weighted by Crippen LogP contribution is -2.27. The molecule has 0 radical (unpaired) electrons. The predicted molar refractivity (Wildman–Crippen MR) is 82.6 cm³/mol. The van der Waals surface area contributed by atoms with Crippen LogP contribution in [0.25, 0.3) is 0 Å². The maximum atomic E-state index is 5.97. The first-order valence-corrected chi connectivity index (χ1v) is 7.73. The summed E-state index contributed by atoms with van der Waals surface area (Å²) in [7, 11) is 0. The standard InChI is InChI=1S/C13H23ClN6/c1-3-20(4-2)13-17-11(14)16-12(18-13)15-7-10-19-8-5-6-9-19/h3-10H2,1-2H3,(H,15,16,17,18). The van der Waals surface area contributed by atoms with Crippen LogP contribution in [0.3, 0.4) is 0 Å². The van der Waals surface area contributed by atoms with E-state index in [0.717, 1.165) is 26.2 Å². The van der Waals surface area contributed by atoms with E-state index < -0.39 is 0 Å². The van der Waals surface area contributed by atoms with Gasteiger partial charge in [0.15, 0.2) is 0 Å². The Morgan fingerprint density at radius 1 is 1.15 bits per heavy atom. The second-order valence-corrected chi connectivity index (χ2v) is 5.21. The van der Waals surface area contributed by atoms with Gasteiger partial charge in [-0.15, -0.1) is 0 Å². The Morgan fingerprint density at radius 3 is 2.50 bits per heavy atom. The van der Waals surface area contributed by atoms with Crippen molar-refractivity contribution in [3.05, 3.63) is 5.28 Å². The highest BCUT2D eigenvalue weighted by atomic mass is 35.5. The number of aromatic nitrogens is 3. The van der Waals surface area contributed by atoms with E-state index in [2.05, 4.69) is 43.9 Å². The van der Waals surface area contributed by atoms with Crippen molar-refractivity contribution in [1.29, 1.82) is 0 Å². The molecule has 0 aliphatic carbocycles. The molecule has 112 valence electrons. The molecule has 0 bridgehead atoms. The van der Waals surface area contributed by atoms with Crippen molar-refractivity contribution in [1.82, 2.24) is 19.9 Å². The molecule has 7 heteroatoms. The van der Waals surface area contributed by atoms with Crippen molar-refractivity contribution in [2.75, 3.05) is 49.5 Å². The van der Waals surface area contributed by atoms with Crippen LogP contribution < -0.4 is 10.2 Å². The van der Waals surface area contributed by atoms with Crippen LogP contribution in [-0.4, -0.2) is 59.1 Å². The molecule has 0 unspecified atom stereocenters. The highest BCUT2D eigenvalue weighted by Crippen LogP contribution is 2.13. The predicted octanol–water partition coefficient (Wildman–Crippen LogP) is 1.88. The van der Waals surface area contributed by atoms with Gasteiger partial charge in [-0.3, -0.25) is 0 Å². The third-order valence-electron chi connectivity index (χ3n) is 3.55. The summed E-state index contributed by atoms with van der Waals surface area (Å²) in [5, 5.41) is 3.48. The van der Waals surface area contributed by atoms with Crippen LogP contribution in [0.2, 0.25) is 5.28 Å². The summed E-state index contributed by atoms with van der Waals surface area (Å²) in [6.45, 7) is 10.1. The van der Waals surface area contributed by atoms with Gasteiger partial charge in [0.05, 0.1) is 0 Å². The van der Waals surface area contributed by atoms with Crippen LogP contribution in [0.4, 0.5) is 11.9 Å². The van der Waals surface area contributed by atoms with Gasteiger partial charge in [0, 0.05) is 26.2 Å². The van der Waals surface area contributed by atoms with Gasteiger partial charge in [0.2, 0.25) is 17.2 Å². The number of rotatable bonds is 7. The van der Waals surface area contributed by atoms with Crippen LogP contribution in [-0.2, 0) is 0 Å². The highest BCUT2D eigenvalue weighted by molar-refractivity contribution is 6.28. The Morgan fingerprint density at radius 2 is 1.85 bits per heavy atom. The fraction of sp³-hybridized carbons (Fsp3) is 0.769. The molecule has 2 rings (SSSR count). The molecule has 0 atom stereocenters. The monoisotopic (exact) mass is 298 g/mol. The molecule has 20 heavy (non-hydrogen) atoms. The molecule has 1 aromatic rings. The topological polar surface area (TPSA) is 57.2 Å². The van der Waals surface area contributed by atoms with Gasteiger partial charge in [0.1, 0.15) is 0 Å². The number of hydrogen-bond donors (Lipinski definition) is 1. The normalized spacial score (nSPS) is 15.6. The van der Waals surface area contributed by atoms with Crippen molar-refractivity contribution in [2.45, 2.75) is 26.7 Å². The number of halogens is 1. The van der Waals surface area contributed by atoms with Gasteiger partial charge in [0.25, 0.3) is 0 Å². The van der Waals surface area contributed by atoms with E-state index in [4.69, 9.17) is 11.6 Å². The van der Waals surface area contributed by atoms with Crippen LogP contribution in [0.5, 0.6) is 0 Å². The Kier molecular flexibility index (Phi) is 5.79. The second kappa shape index (κ2) is 7.59. The third kappa shape index (κ3) is 4.18. The molecule has 0 saturated carbocycles. The van der Waals surface area contributed by atoms with Gasteiger partial charge in [-0.2, -0.15) is 15.0 Å². The van der Waals surface area contributed by atoms with E-state index >= 15 is 0 Å². The molecule has 1 aromatic heterocycles. The average Bonchev–Trinajstić information content (AvgIpc) is 2.93. The highest BCUT2D eigenvalue weighted by Gasteiger charge is 2.12. The van der Waals surface area contributed by atoms with E-state index in [1.807, 2.05) is 0 Å². The molecule has 6 nitrogen and oxygen atoms in total. The zero-order valence-corrected chi connectivity index (χ0v) is 13.0. The van der Waals surface area contributed by atoms with Crippen molar-refractivity contribution in [3.63, 3.8) is 0 Å². The number of nitrogens with one attached hydrogen (secondary N) is 1. The molecule has 1 aliphatic rings. The minimum atomic E-state index is 0.241. The Labute approximate surface area is 125 Å². The largest absolute Gasteiger partial charge is 0.353 e. The number of hydrogen-bond acceptors (Lipinski definition) is 6. The summed E-state index contributed by atoms with van der Waals surface area (Å²) in [5.74, 6) is 1.20. The lowest BCUT2D eigenvalue weighted by atomic mass is 10.4.